The van der Waals surface area contributed by atoms with Gasteiger partial charge in [-0.3, -0.25) is 0 Å². The highest BCUT2D eigenvalue weighted by Crippen LogP contribution is 2.35. The van der Waals surface area contributed by atoms with Crippen LogP contribution >= 0.6 is 43.2 Å². The molecule has 0 amide bonds. The standard InChI is InChI=1S/C5Br2FNS/c6-3-4(8)2(1-9)10-5(3)7. The monoisotopic (exact) mass is 283 g/mol. The number of halogens is 3. The van der Waals surface area contributed by atoms with Crippen molar-refractivity contribution < 1.29 is 4.39 Å². The molecule has 0 saturated heterocycles. The van der Waals surface area contributed by atoms with Gasteiger partial charge in [-0.1, -0.05) is 0 Å². The molecule has 0 saturated carbocycles. The molecule has 1 nitrogen and oxygen atoms in total. The molecule has 1 rings (SSSR count). The summed E-state index contributed by atoms with van der Waals surface area (Å²) in [5, 5.41) is 8.33. The molecular formula is C5Br2FNS. The van der Waals surface area contributed by atoms with E-state index >= 15 is 0 Å². The molecule has 0 radical (unpaired) electrons. The maximum absolute atomic E-state index is 12.7. The second-order valence-electron chi connectivity index (χ2n) is 1.44. The van der Waals surface area contributed by atoms with E-state index in [2.05, 4.69) is 31.9 Å². The molecule has 0 unspecified atom stereocenters. The maximum Gasteiger partial charge on any atom is 0.167 e. The van der Waals surface area contributed by atoms with Crippen LogP contribution in [0, 0.1) is 17.1 Å². The topological polar surface area (TPSA) is 23.8 Å². The van der Waals surface area contributed by atoms with E-state index in [1.807, 2.05) is 0 Å². The summed E-state index contributed by atoms with van der Waals surface area (Å²) in [7, 11) is 0. The van der Waals surface area contributed by atoms with Crippen LogP contribution in [0.3, 0.4) is 0 Å². The van der Waals surface area contributed by atoms with E-state index in [-0.39, 0.29) is 4.88 Å². The molecule has 0 atom stereocenters. The summed E-state index contributed by atoms with van der Waals surface area (Å²) in [6.45, 7) is 0. The smallest absolute Gasteiger partial charge is 0.167 e. The Kier molecular flexibility index (Phi) is 2.45. The van der Waals surface area contributed by atoms with Crippen molar-refractivity contribution in [1.29, 1.82) is 5.26 Å². The molecule has 10 heavy (non-hydrogen) atoms. The van der Waals surface area contributed by atoms with Crippen LogP contribution in [0.4, 0.5) is 4.39 Å². The van der Waals surface area contributed by atoms with Gasteiger partial charge in [0.15, 0.2) is 5.82 Å². The van der Waals surface area contributed by atoms with Crippen LogP contribution in [0.15, 0.2) is 8.26 Å². The summed E-state index contributed by atoms with van der Waals surface area (Å²) in [5.41, 5.74) is 0. The molecule has 0 bridgehead atoms. The predicted molar refractivity (Wildman–Crippen MR) is 44.4 cm³/mol. The summed E-state index contributed by atoms with van der Waals surface area (Å²) in [4.78, 5) is 0.0961. The zero-order valence-electron chi connectivity index (χ0n) is 4.49. The lowest BCUT2D eigenvalue weighted by molar-refractivity contribution is 0.623. The highest BCUT2D eigenvalue weighted by Gasteiger charge is 2.13. The Bertz CT molecular complexity index is 301. The van der Waals surface area contributed by atoms with Crippen LogP contribution in [0.1, 0.15) is 4.88 Å². The number of thiophene rings is 1. The van der Waals surface area contributed by atoms with Crippen LogP contribution in [0.5, 0.6) is 0 Å². The second-order valence-corrected chi connectivity index (χ2v) is 4.58. The van der Waals surface area contributed by atoms with Crippen LogP contribution in [0.25, 0.3) is 0 Å². The van der Waals surface area contributed by atoms with E-state index in [0.717, 1.165) is 11.3 Å². The minimum atomic E-state index is -0.487. The van der Waals surface area contributed by atoms with Gasteiger partial charge in [0, 0.05) is 0 Å². The quantitative estimate of drug-likeness (QED) is 0.717. The van der Waals surface area contributed by atoms with Crippen LogP contribution < -0.4 is 0 Å². The van der Waals surface area contributed by atoms with Crippen LogP contribution in [-0.4, -0.2) is 0 Å². The van der Waals surface area contributed by atoms with Gasteiger partial charge in [0.25, 0.3) is 0 Å². The molecule has 0 aromatic carbocycles. The summed E-state index contributed by atoms with van der Waals surface area (Å²) in [6.07, 6.45) is 0. The maximum atomic E-state index is 12.7. The van der Waals surface area contributed by atoms with E-state index in [9.17, 15) is 4.39 Å². The number of nitrogens with zero attached hydrogens (tertiary/aromatic N) is 1. The van der Waals surface area contributed by atoms with Gasteiger partial charge in [-0.25, -0.2) is 4.39 Å². The summed E-state index contributed by atoms with van der Waals surface area (Å²) < 4.78 is 13.7. The van der Waals surface area contributed by atoms with Crippen molar-refractivity contribution in [2.75, 3.05) is 0 Å². The number of hydrogen-bond donors (Lipinski definition) is 0. The molecule has 0 aliphatic rings. The molecule has 0 N–H and O–H groups in total. The first-order valence-electron chi connectivity index (χ1n) is 2.20. The average molecular weight is 285 g/mol. The third kappa shape index (κ3) is 1.24. The van der Waals surface area contributed by atoms with Gasteiger partial charge in [0.05, 0.1) is 8.26 Å². The molecule has 0 spiro atoms. The minimum absolute atomic E-state index is 0.0961. The highest BCUT2D eigenvalue weighted by atomic mass is 79.9. The van der Waals surface area contributed by atoms with Crippen molar-refractivity contribution in [3.63, 3.8) is 0 Å². The number of rotatable bonds is 0. The van der Waals surface area contributed by atoms with Crippen molar-refractivity contribution in [2.45, 2.75) is 0 Å². The molecule has 0 fully saturated rings. The van der Waals surface area contributed by atoms with Crippen molar-refractivity contribution in [3.8, 4) is 6.07 Å². The fraction of sp³-hybridized carbons (Fsp3) is 0. The fourth-order valence-corrected chi connectivity index (χ4v) is 2.26. The third-order valence-electron chi connectivity index (χ3n) is 0.858. The molecule has 1 heterocycles. The lowest BCUT2D eigenvalue weighted by Crippen LogP contribution is -1.70. The van der Waals surface area contributed by atoms with Gasteiger partial charge in [-0.05, 0) is 31.9 Å². The lowest BCUT2D eigenvalue weighted by Gasteiger charge is -1.79. The Morgan fingerprint density at radius 3 is 2.30 bits per heavy atom. The average Bonchev–Trinajstić information content (AvgIpc) is 2.17. The first-order valence-corrected chi connectivity index (χ1v) is 4.60. The fourth-order valence-electron chi connectivity index (χ4n) is 0.437. The van der Waals surface area contributed by atoms with Gasteiger partial charge in [-0.2, -0.15) is 5.26 Å². The zero-order valence-corrected chi connectivity index (χ0v) is 8.48. The molecule has 0 aliphatic carbocycles. The molecule has 1 aromatic rings. The van der Waals surface area contributed by atoms with E-state index in [1.165, 1.54) is 0 Å². The molecule has 0 aliphatic heterocycles. The van der Waals surface area contributed by atoms with Crippen molar-refractivity contribution >= 4 is 43.2 Å². The van der Waals surface area contributed by atoms with E-state index in [1.54, 1.807) is 6.07 Å². The first kappa shape index (κ1) is 8.18. The Labute approximate surface area is 77.7 Å². The van der Waals surface area contributed by atoms with Crippen LogP contribution in [-0.2, 0) is 0 Å². The normalized spacial score (nSPS) is 9.40. The van der Waals surface area contributed by atoms with Gasteiger partial charge < -0.3 is 0 Å². The first-order chi connectivity index (χ1) is 4.66. The van der Waals surface area contributed by atoms with E-state index < -0.39 is 5.82 Å². The number of hydrogen-bond acceptors (Lipinski definition) is 2. The van der Waals surface area contributed by atoms with E-state index in [0.29, 0.717) is 8.26 Å². The summed E-state index contributed by atoms with van der Waals surface area (Å²) in [5.74, 6) is -0.487. The van der Waals surface area contributed by atoms with Gasteiger partial charge in [0.1, 0.15) is 10.9 Å². The Morgan fingerprint density at radius 2 is 2.10 bits per heavy atom. The molecule has 52 valence electrons. The molecule has 1 aromatic heterocycles. The van der Waals surface area contributed by atoms with Crippen molar-refractivity contribution in [2.24, 2.45) is 0 Å². The van der Waals surface area contributed by atoms with Gasteiger partial charge in [0.2, 0.25) is 0 Å². The minimum Gasteiger partial charge on any atom is -0.203 e. The van der Waals surface area contributed by atoms with Crippen molar-refractivity contribution in [1.82, 2.24) is 0 Å². The van der Waals surface area contributed by atoms with Gasteiger partial charge in [-0.15, -0.1) is 11.3 Å². The van der Waals surface area contributed by atoms with Gasteiger partial charge >= 0.3 is 0 Å². The van der Waals surface area contributed by atoms with Crippen LogP contribution in [0.2, 0.25) is 0 Å². The predicted octanol–water partition coefficient (Wildman–Crippen LogP) is 3.28. The Morgan fingerprint density at radius 1 is 1.50 bits per heavy atom. The SMILES string of the molecule is N#Cc1sc(Br)c(Br)c1F. The largest absolute Gasteiger partial charge is 0.203 e. The van der Waals surface area contributed by atoms with Crippen molar-refractivity contribution in [3.05, 3.63) is 19.0 Å². The Hall–Kier alpha value is 0.0800. The third-order valence-corrected chi connectivity index (χ3v) is 4.14. The Balaban J connectivity index is 3.34. The highest BCUT2D eigenvalue weighted by molar-refractivity contribution is 9.13. The molecular weight excluding hydrogens is 285 g/mol. The summed E-state index contributed by atoms with van der Waals surface area (Å²) in [6, 6.07) is 1.74. The lowest BCUT2D eigenvalue weighted by atomic mass is 10.5. The van der Waals surface area contributed by atoms with E-state index in [4.69, 9.17) is 5.26 Å². The molecule has 5 heteroatoms. The summed E-state index contributed by atoms with van der Waals surface area (Å²) >= 11 is 7.14. The second kappa shape index (κ2) is 2.99. The number of nitriles is 1. The zero-order chi connectivity index (χ0) is 7.72.